The van der Waals surface area contributed by atoms with E-state index in [1.807, 2.05) is 36.4 Å². The highest BCUT2D eigenvalue weighted by Crippen LogP contribution is 2.21. The average Bonchev–Trinajstić information content (AvgIpc) is 2.69. The van der Waals surface area contributed by atoms with Crippen molar-refractivity contribution >= 4 is 34.2 Å². The monoisotopic (exact) mass is 400 g/mol. The molecule has 0 aliphatic rings. The van der Waals surface area contributed by atoms with Crippen molar-refractivity contribution in [3.05, 3.63) is 77.1 Å². The SMILES string of the molecule is C[C@H](Oc1ccc2ccccc2c1)C(=O)NNC(=O)Cc1c(F)cccc1Cl. The van der Waals surface area contributed by atoms with E-state index in [-0.39, 0.29) is 17.0 Å². The maximum Gasteiger partial charge on any atom is 0.279 e. The zero-order valence-corrected chi connectivity index (χ0v) is 15.8. The van der Waals surface area contributed by atoms with Gasteiger partial charge in [-0.3, -0.25) is 20.4 Å². The molecule has 0 heterocycles. The van der Waals surface area contributed by atoms with Crippen LogP contribution in [0.15, 0.2) is 60.7 Å². The van der Waals surface area contributed by atoms with Gasteiger partial charge in [0.05, 0.1) is 6.42 Å². The fraction of sp³-hybridized carbons (Fsp3) is 0.143. The summed E-state index contributed by atoms with van der Waals surface area (Å²) >= 11 is 5.89. The number of nitrogens with one attached hydrogen (secondary N) is 2. The Morgan fingerprint density at radius 1 is 1.04 bits per heavy atom. The van der Waals surface area contributed by atoms with Crippen molar-refractivity contribution in [2.75, 3.05) is 0 Å². The van der Waals surface area contributed by atoms with E-state index in [4.69, 9.17) is 16.3 Å². The highest BCUT2D eigenvalue weighted by atomic mass is 35.5. The van der Waals surface area contributed by atoms with Crippen molar-refractivity contribution in [3.63, 3.8) is 0 Å². The van der Waals surface area contributed by atoms with Crippen LogP contribution in [0.4, 0.5) is 4.39 Å². The molecule has 0 bridgehead atoms. The number of hydrogen-bond acceptors (Lipinski definition) is 3. The van der Waals surface area contributed by atoms with Crippen molar-refractivity contribution in [3.8, 4) is 5.75 Å². The number of hydrogen-bond donors (Lipinski definition) is 2. The van der Waals surface area contributed by atoms with E-state index in [2.05, 4.69) is 10.9 Å². The lowest BCUT2D eigenvalue weighted by Gasteiger charge is -2.16. The number of rotatable bonds is 5. The molecule has 0 aromatic heterocycles. The third-order valence-corrected chi connectivity index (χ3v) is 4.48. The Bertz CT molecular complexity index is 1010. The van der Waals surface area contributed by atoms with Crippen molar-refractivity contribution in [1.82, 2.24) is 10.9 Å². The number of hydrazine groups is 1. The van der Waals surface area contributed by atoms with E-state index >= 15 is 0 Å². The van der Waals surface area contributed by atoms with Gasteiger partial charge in [0.2, 0.25) is 5.91 Å². The maximum atomic E-state index is 13.7. The Balaban J connectivity index is 1.54. The molecule has 0 saturated carbocycles. The van der Waals surface area contributed by atoms with Crippen LogP contribution in [-0.2, 0) is 16.0 Å². The highest BCUT2D eigenvalue weighted by Gasteiger charge is 2.17. The van der Waals surface area contributed by atoms with E-state index < -0.39 is 23.7 Å². The molecule has 3 rings (SSSR count). The van der Waals surface area contributed by atoms with Gasteiger partial charge in [-0.05, 0) is 42.0 Å². The molecule has 144 valence electrons. The Hall–Kier alpha value is -3.12. The first-order valence-corrected chi connectivity index (χ1v) is 8.99. The normalized spacial score (nSPS) is 11.7. The number of fused-ring (bicyclic) bond motifs is 1. The number of carbonyl (C=O) groups is 2. The number of halogens is 2. The molecule has 5 nitrogen and oxygen atoms in total. The standard InChI is InChI=1S/C21H18ClFN2O3/c1-13(28-16-10-9-14-5-2-3-6-15(14)11-16)21(27)25-24-20(26)12-17-18(22)7-4-8-19(17)23/h2-11,13H,12H2,1H3,(H,24,26)(H,25,27)/t13-/m0/s1. The molecule has 0 aliphatic heterocycles. The van der Waals surface area contributed by atoms with Gasteiger partial charge in [0.15, 0.2) is 6.10 Å². The van der Waals surface area contributed by atoms with Gasteiger partial charge in [-0.15, -0.1) is 0 Å². The number of carbonyl (C=O) groups excluding carboxylic acids is 2. The second-order valence-electron chi connectivity index (χ2n) is 6.18. The minimum atomic E-state index is -0.849. The van der Waals surface area contributed by atoms with E-state index in [0.717, 1.165) is 10.8 Å². The lowest BCUT2D eigenvalue weighted by Crippen LogP contribution is -2.47. The average molecular weight is 401 g/mol. The lowest BCUT2D eigenvalue weighted by molar-refractivity contribution is -0.132. The fourth-order valence-electron chi connectivity index (χ4n) is 2.64. The van der Waals surface area contributed by atoms with Crippen LogP contribution in [0, 0.1) is 5.82 Å². The number of ether oxygens (including phenoxy) is 1. The number of amides is 2. The van der Waals surface area contributed by atoms with E-state index in [1.54, 1.807) is 13.0 Å². The Kier molecular flexibility index (Phi) is 6.11. The predicted octanol–water partition coefficient (Wildman–Crippen LogP) is 3.79. The van der Waals surface area contributed by atoms with E-state index in [0.29, 0.717) is 5.75 Å². The highest BCUT2D eigenvalue weighted by molar-refractivity contribution is 6.31. The molecule has 0 radical (unpaired) electrons. The van der Waals surface area contributed by atoms with Crippen LogP contribution >= 0.6 is 11.6 Å². The van der Waals surface area contributed by atoms with E-state index in [9.17, 15) is 14.0 Å². The van der Waals surface area contributed by atoms with Crippen molar-refractivity contribution in [1.29, 1.82) is 0 Å². The lowest BCUT2D eigenvalue weighted by atomic mass is 10.1. The van der Waals surface area contributed by atoms with Crippen LogP contribution in [-0.4, -0.2) is 17.9 Å². The summed E-state index contributed by atoms with van der Waals surface area (Å²) in [4.78, 5) is 24.1. The second kappa shape index (κ2) is 8.71. The summed E-state index contributed by atoms with van der Waals surface area (Å²) in [5, 5.41) is 2.20. The van der Waals surface area contributed by atoms with Crippen LogP contribution in [0.3, 0.4) is 0 Å². The molecule has 2 amide bonds. The molecule has 0 fully saturated rings. The van der Waals surface area contributed by atoms with Crippen LogP contribution < -0.4 is 15.6 Å². The molecule has 3 aromatic rings. The summed E-state index contributed by atoms with van der Waals surface area (Å²) in [5.41, 5.74) is 4.57. The molecule has 0 aliphatic carbocycles. The minimum absolute atomic E-state index is 0.0661. The Morgan fingerprint density at radius 2 is 1.79 bits per heavy atom. The van der Waals surface area contributed by atoms with Crippen molar-refractivity contribution in [2.45, 2.75) is 19.4 Å². The van der Waals surface area contributed by atoms with Gasteiger partial charge in [-0.2, -0.15) is 0 Å². The van der Waals surface area contributed by atoms with Crippen molar-refractivity contribution < 1.29 is 18.7 Å². The molecular weight excluding hydrogens is 383 g/mol. The van der Waals surface area contributed by atoms with Crippen molar-refractivity contribution in [2.24, 2.45) is 0 Å². The summed E-state index contributed by atoms with van der Waals surface area (Å²) in [6.45, 7) is 1.56. The van der Waals surface area contributed by atoms with Gasteiger partial charge in [0.1, 0.15) is 11.6 Å². The predicted molar refractivity (Wildman–Crippen MR) is 105 cm³/mol. The minimum Gasteiger partial charge on any atom is -0.481 e. The second-order valence-corrected chi connectivity index (χ2v) is 6.59. The third-order valence-electron chi connectivity index (χ3n) is 4.13. The van der Waals surface area contributed by atoms with Gasteiger partial charge in [-0.1, -0.05) is 48.0 Å². The van der Waals surface area contributed by atoms with Gasteiger partial charge < -0.3 is 4.74 Å². The largest absolute Gasteiger partial charge is 0.481 e. The zero-order chi connectivity index (χ0) is 20.1. The third kappa shape index (κ3) is 4.78. The van der Waals surface area contributed by atoms with Gasteiger partial charge >= 0.3 is 0 Å². The molecule has 3 aromatic carbocycles. The van der Waals surface area contributed by atoms with Crippen LogP contribution in [0.5, 0.6) is 5.75 Å². The molecule has 28 heavy (non-hydrogen) atoms. The molecule has 0 saturated heterocycles. The van der Waals surface area contributed by atoms with Gasteiger partial charge in [0.25, 0.3) is 5.91 Å². The molecule has 0 spiro atoms. The summed E-state index contributed by atoms with van der Waals surface area (Å²) < 4.78 is 19.3. The Morgan fingerprint density at radius 3 is 2.54 bits per heavy atom. The molecular formula is C21H18ClFN2O3. The van der Waals surface area contributed by atoms with Gasteiger partial charge in [0, 0.05) is 10.6 Å². The number of benzene rings is 3. The van der Waals surface area contributed by atoms with Crippen LogP contribution in [0.25, 0.3) is 10.8 Å². The topological polar surface area (TPSA) is 67.4 Å². The van der Waals surface area contributed by atoms with E-state index in [1.165, 1.54) is 18.2 Å². The Labute approximate surface area is 166 Å². The fourth-order valence-corrected chi connectivity index (χ4v) is 2.87. The summed E-state index contributed by atoms with van der Waals surface area (Å²) in [6, 6.07) is 17.4. The first-order chi connectivity index (χ1) is 13.4. The summed E-state index contributed by atoms with van der Waals surface area (Å²) in [7, 11) is 0. The first kappa shape index (κ1) is 19.6. The van der Waals surface area contributed by atoms with Crippen LogP contribution in [0.2, 0.25) is 5.02 Å². The smallest absolute Gasteiger partial charge is 0.279 e. The molecule has 2 N–H and O–H groups in total. The summed E-state index contributed by atoms with van der Waals surface area (Å²) in [6.07, 6.45) is -1.15. The van der Waals surface area contributed by atoms with Gasteiger partial charge in [-0.25, -0.2) is 4.39 Å². The molecule has 7 heteroatoms. The zero-order valence-electron chi connectivity index (χ0n) is 15.0. The molecule has 0 unspecified atom stereocenters. The maximum absolute atomic E-state index is 13.7. The van der Waals surface area contributed by atoms with Crippen LogP contribution in [0.1, 0.15) is 12.5 Å². The molecule has 1 atom stereocenters. The quantitative estimate of drug-likeness (QED) is 0.640. The first-order valence-electron chi connectivity index (χ1n) is 8.61. The summed E-state index contributed by atoms with van der Waals surface area (Å²) in [5.74, 6) is -1.19.